The average Bonchev–Trinajstić information content (AvgIpc) is 2.71. The van der Waals surface area contributed by atoms with Gasteiger partial charge in [-0.15, -0.1) is 5.10 Å². The number of hydrogen-bond donors (Lipinski definition) is 0. The summed E-state index contributed by atoms with van der Waals surface area (Å²) in [5.74, 6) is 0.559. The summed E-state index contributed by atoms with van der Waals surface area (Å²) in [4.78, 5) is 0. The van der Waals surface area contributed by atoms with E-state index >= 15 is 0 Å². The van der Waals surface area contributed by atoms with Crippen LogP contribution in [0.3, 0.4) is 0 Å². The van der Waals surface area contributed by atoms with Crippen LogP contribution < -0.4 is 0 Å². The van der Waals surface area contributed by atoms with Crippen LogP contribution in [0.1, 0.15) is 97.4 Å². The van der Waals surface area contributed by atoms with Gasteiger partial charge >= 0.3 is 0 Å². The molecule has 0 N–H and O–H groups in total. The number of rotatable bonds is 3. The maximum Gasteiger partial charge on any atom is 0.0895 e. The third kappa shape index (κ3) is 3.49. The van der Waals surface area contributed by atoms with Crippen molar-refractivity contribution < 1.29 is 0 Å². The van der Waals surface area contributed by atoms with Crippen molar-refractivity contribution in [2.24, 2.45) is 5.41 Å². The Hall–Kier alpha value is -0.860. The van der Waals surface area contributed by atoms with E-state index in [9.17, 15) is 0 Å². The van der Waals surface area contributed by atoms with E-state index in [0.717, 1.165) is 6.42 Å². The third-order valence-electron chi connectivity index (χ3n) is 5.00. The standard InChI is InChI=1S/C18H33N3/c1-7-13-18(5,6)14-11-9-8-10-12-15-16(14)19-20-21(15)17(2,3)4/h14H,7-13H2,1-6H3. The van der Waals surface area contributed by atoms with Crippen molar-refractivity contribution >= 4 is 0 Å². The van der Waals surface area contributed by atoms with E-state index in [2.05, 4.69) is 56.5 Å². The van der Waals surface area contributed by atoms with Crippen LogP contribution in [0.25, 0.3) is 0 Å². The van der Waals surface area contributed by atoms with Crippen molar-refractivity contribution in [3.05, 3.63) is 11.4 Å². The van der Waals surface area contributed by atoms with E-state index in [1.807, 2.05) is 0 Å². The third-order valence-corrected chi connectivity index (χ3v) is 5.00. The van der Waals surface area contributed by atoms with Crippen molar-refractivity contribution in [1.82, 2.24) is 15.0 Å². The van der Waals surface area contributed by atoms with Gasteiger partial charge in [0, 0.05) is 5.92 Å². The maximum atomic E-state index is 4.67. The molecule has 21 heavy (non-hydrogen) atoms. The van der Waals surface area contributed by atoms with Gasteiger partial charge in [-0.05, 0) is 51.9 Å². The fraction of sp³-hybridized carbons (Fsp3) is 0.889. The van der Waals surface area contributed by atoms with Crippen LogP contribution in [0.2, 0.25) is 0 Å². The van der Waals surface area contributed by atoms with Crippen LogP contribution in [0.4, 0.5) is 0 Å². The van der Waals surface area contributed by atoms with E-state index in [1.54, 1.807) is 0 Å². The Labute approximate surface area is 130 Å². The van der Waals surface area contributed by atoms with Crippen LogP contribution in [0.5, 0.6) is 0 Å². The zero-order valence-electron chi connectivity index (χ0n) is 14.9. The SMILES string of the molecule is CCCC(C)(C)C1CCCCCc2c1nnn2C(C)(C)C. The average molecular weight is 291 g/mol. The summed E-state index contributed by atoms with van der Waals surface area (Å²) in [5, 5.41) is 9.21. The van der Waals surface area contributed by atoms with Gasteiger partial charge in [0.25, 0.3) is 0 Å². The zero-order valence-corrected chi connectivity index (χ0v) is 14.9. The lowest BCUT2D eigenvalue weighted by atomic mass is 9.70. The molecule has 2 rings (SSSR count). The molecule has 3 nitrogen and oxygen atoms in total. The minimum absolute atomic E-state index is 0.0270. The molecule has 1 aromatic rings. The molecule has 120 valence electrons. The second-order valence-corrected chi connectivity index (χ2v) is 8.39. The topological polar surface area (TPSA) is 30.7 Å². The molecule has 0 fully saturated rings. The lowest BCUT2D eigenvalue weighted by Crippen LogP contribution is -2.28. The molecule has 1 aromatic heterocycles. The van der Waals surface area contributed by atoms with Crippen molar-refractivity contribution in [3.63, 3.8) is 0 Å². The summed E-state index contributed by atoms with van der Waals surface area (Å²) >= 11 is 0. The lowest BCUT2D eigenvalue weighted by Gasteiger charge is -2.35. The number of aromatic nitrogens is 3. The van der Waals surface area contributed by atoms with E-state index < -0.39 is 0 Å². The zero-order chi connectivity index (χ0) is 15.7. The van der Waals surface area contributed by atoms with E-state index in [0.29, 0.717) is 11.3 Å². The van der Waals surface area contributed by atoms with Gasteiger partial charge in [0.2, 0.25) is 0 Å². The minimum atomic E-state index is 0.0270. The van der Waals surface area contributed by atoms with Crippen LogP contribution in [-0.2, 0) is 12.0 Å². The van der Waals surface area contributed by atoms with Gasteiger partial charge in [-0.25, -0.2) is 4.68 Å². The molecule has 1 aliphatic carbocycles. The highest BCUT2D eigenvalue weighted by Crippen LogP contribution is 2.44. The van der Waals surface area contributed by atoms with Gasteiger partial charge in [-0.2, -0.15) is 0 Å². The van der Waals surface area contributed by atoms with Crippen LogP contribution in [0, 0.1) is 5.41 Å². The number of nitrogens with zero attached hydrogens (tertiary/aromatic N) is 3. The van der Waals surface area contributed by atoms with E-state index in [-0.39, 0.29) is 5.54 Å². The Morgan fingerprint density at radius 3 is 2.43 bits per heavy atom. The van der Waals surface area contributed by atoms with E-state index in [4.69, 9.17) is 0 Å². The first kappa shape index (κ1) is 16.5. The Bertz CT molecular complexity index is 465. The second kappa shape index (κ2) is 6.10. The van der Waals surface area contributed by atoms with Crippen molar-refractivity contribution in [2.45, 2.75) is 97.9 Å². The molecule has 3 heteroatoms. The van der Waals surface area contributed by atoms with Crippen LogP contribution >= 0.6 is 0 Å². The first-order valence-electron chi connectivity index (χ1n) is 8.72. The molecule has 0 saturated heterocycles. The van der Waals surface area contributed by atoms with Crippen LogP contribution in [0.15, 0.2) is 0 Å². The summed E-state index contributed by atoms with van der Waals surface area (Å²) in [7, 11) is 0. The minimum Gasteiger partial charge on any atom is -0.244 e. The summed E-state index contributed by atoms with van der Waals surface area (Å²) in [5.41, 5.74) is 3.04. The molecule has 1 aliphatic rings. The summed E-state index contributed by atoms with van der Waals surface area (Å²) < 4.78 is 2.18. The van der Waals surface area contributed by atoms with Crippen molar-refractivity contribution in [1.29, 1.82) is 0 Å². The maximum absolute atomic E-state index is 4.67. The first-order chi connectivity index (χ1) is 9.77. The highest BCUT2D eigenvalue weighted by molar-refractivity contribution is 5.20. The number of fused-ring (bicyclic) bond motifs is 1. The molecular formula is C18H33N3. The Morgan fingerprint density at radius 2 is 1.81 bits per heavy atom. The normalized spacial score (nSPS) is 20.8. The quantitative estimate of drug-likeness (QED) is 0.779. The summed E-state index contributed by atoms with van der Waals surface area (Å²) in [6, 6.07) is 0. The molecule has 0 aromatic carbocycles. The highest BCUT2D eigenvalue weighted by Gasteiger charge is 2.36. The Balaban J connectivity index is 2.45. The predicted octanol–water partition coefficient (Wildman–Crippen LogP) is 5.06. The predicted molar refractivity (Wildman–Crippen MR) is 88.6 cm³/mol. The summed E-state index contributed by atoms with van der Waals surface area (Å²) in [6.45, 7) is 13.8. The fourth-order valence-corrected chi connectivity index (χ4v) is 3.89. The molecule has 0 aliphatic heterocycles. The largest absolute Gasteiger partial charge is 0.244 e. The molecule has 0 saturated carbocycles. The van der Waals surface area contributed by atoms with Gasteiger partial charge in [-0.3, -0.25) is 0 Å². The molecule has 0 amide bonds. The van der Waals surface area contributed by atoms with Gasteiger partial charge < -0.3 is 0 Å². The smallest absolute Gasteiger partial charge is 0.0895 e. The fourth-order valence-electron chi connectivity index (χ4n) is 3.89. The Kier molecular flexibility index (Phi) is 4.79. The lowest BCUT2D eigenvalue weighted by molar-refractivity contribution is 0.234. The second-order valence-electron chi connectivity index (χ2n) is 8.39. The Morgan fingerprint density at radius 1 is 1.10 bits per heavy atom. The molecule has 0 bridgehead atoms. The summed E-state index contributed by atoms with van der Waals surface area (Å²) in [6.07, 6.45) is 8.86. The van der Waals surface area contributed by atoms with Crippen LogP contribution in [-0.4, -0.2) is 15.0 Å². The van der Waals surface area contributed by atoms with Gasteiger partial charge in [0.1, 0.15) is 0 Å². The number of hydrogen-bond acceptors (Lipinski definition) is 2. The molecule has 1 heterocycles. The molecule has 0 radical (unpaired) electrons. The molecule has 1 unspecified atom stereocenters. The van der Waals surface area contributed by atoms with Crippen molar-refractivity contribution in [2.75, 3.05) is 0 Å². The van der Waals surface area contributed by atoms with Gasteiger partial charge in [0.05, 0.1) is 16.9 Å². The van der Waals surface area contributed by atoms with Gasteiger partial charge in [0.15, 0.2) is 0 Å². The first-order valence-corrected chi connectivity index (χ1v) is 8.72. The van der Waals surface area contributed by atoms with Gasteiger partial charge in [-0.1, -0.05) is 45.2 Å². The van der Waals surface area contributed by atoms with E-state index in [1.165, 1.54) is 49.9 Å². The van der Waals surface area contributed by atoms with Crippen molar-refractivity contribution in [3.8, 4) is 0 Å². The molecule has 0 spiro atoms. The molecular weight excluding hydrogens is 258 g/mol. The monoisotopic (exact) mass is 291 g/mol. The highest BCUT2D eigenvalue weighted by atomic mass is 15.5. The molecule has 1 atom stereocenters.